The molecule has 1 aromatic heterocycles. The van der Waals surface area contributed by atoms with Crippen molar-refractivity contribution >= 4 is 0 Å². The zero-order chi connectivity index (χ0) is 13.2. The molecular weight excluding hydrogens is 240 g/mol. The minimum Gasteiger partial charge on any atom is -0.486 e. The second kappa shape index (κ2) is 5.01. The number of aromatic nitrogens is 3. The molecule has 0 fully saturated rings. The highest BCUT2D eigenvalue weighted by Crippen LogP contribution is 2.30. The predicted octanol–water partition coefficient (Wildman–Crippen LogP) is 1.73. The number of nitrogens with two attached hydrogens (primary N) is 1. The molecule has 0 bridgehead atoms. The SMILES string of the molecule is Cn1ncnc1COc1ccc2c(c1)[C@H](N)CCC2. The lowest BCUT2D eigenvalue weighted by molar-refractivity contribution is 0.289. The van der Waals surface area contributed by atoms with Gasteiger partial charge in [0.2, 0.25) is 0 Å². The van der Waals surface area contributed by atoms with Crippen molar-refractivity contribution in [2.75, 3.05) is 0 Å². The van der Waals surface area contributed by atoms with E-state index in [0.29, 0.717) is 6.61 Å². The Labute approximate surface area is 112 Å². The van der Waals surface area contributed by atoms with E-state index in [9.17, 15) is 0 Å². The summed E-state index contributed by atoms with van der Waals surface area (Å²) in [4.78, 5) is 4.14. The Bertz CT molecular complexity index is 579. The molecule has 1 heterocycles. The molecular formula is C14H18N4O. The van der Waals surface area contributed by atoms with Crippen molar-refractivity contribution in [3.8, 4) is 5.75 Å². The fourth-order valence-electron chi connectivity index (χ4n) is 2.50. The second-order valence-corrected chi connectivity index (χ2v) is 4.95. The average molecular weight is 258 g/mol. The Balaban J connectivity index is 1.75. The quantitative estimate of drug-likeness (QED) is 0.910. The van der Waals surface area contributed by atoms with Crippen molar-refractivity contribution < 1.29 is 4.74 Å². The van der Waals surface area contributed by atoms with Crippen molar-refractivity contribution in [1.29, 1.82) is 0 Å². The molecule has 2 N–H and O–H groups in total. The maximum absolute atomic E-state index is 6.15. The fraction of sp³-hybridized carbons (Fsp3) is 0.429. The van der Waals surface area contributed by atoms with Crippen LogP contribution in [0.1, 0.15) is 35.8 Å². The van der Waals surface area contributed by atoms with Gasteiger partial charge in [0.05, 0.1) is 0 Å². The summed E-state index contributed by atoms with van der Waals surface area (Å²) in [5, 5.41) is 4.02. The number of ether oxygens (including phenoxy) is 1. The standard InChI is InChI=1S/C14H18N4O/c1-18-14(16-9-17-18)8-19-11-6-5-10-3-2-4-13(15)12(10)7-11/h5-7,9,13H,2-4,8,15H2,1H3/t13-/m1/s1. The van der Waals surface area contributed by atoms with E-state index in [2.05, 4.69) is 22.2 Å². The van der Waals surface area contributed by atoms with E-state index in [-0.39, 0.29) is 6.04 Å². The van der Waals surface area contributed by atoms with Crippen LogP contribution in [0.4, 0.5) is 0 Å². The average Bonchev–Trinajstić information content (AvgIpc) is 2.83. The second-order valence-electron chi connectivity index (χ2n) is 4.95. The van der Waals surface area contributed by atoms with E-state index in [1.54, 1.807) is 4.68 Å². The molecule has 5 heteroatoms. The zero-order valence-corrected chi connectivity index (χ0v) is 11.0. The summed E-state index contributed by atoms with van der Waals surface area (Å²) in [6, 6.07) is 6.34. The van der Waals surface area contributed by atoms with Gasteiger partial charge in [0, 0.05) is 13.1 Å². The number of nitrogens with zero attached hydrogens (tertiary/aromatic N) is 3. The van der Waals surface area contributed by atoms with Crippen LogP contribution in [0.2, 0.25) is 0 Å². The number of fused-ring (bicyclic) bond motifs is 1. The Morgan fingerprint density at radius 1 is 1.47 bits per heavy atom. The van der Waals surface area contributed by atoms with Crippen LogP contribution < -0.4 is 10.5 Å². The molecule has 0 radical (unpaired) electrons. The Kier molecular flexibility index (Phi) is 3.21. The summed E-state index contributed by atoms with van der Waals surface area (Å²) in [5.74, 6) is 1.65. The lowest BCUT2D eigenvalue weighted by atomic mass is 9.88. The summed E-state index contributed by atoms with van der Waals surface area (Å²) in [6.45, 7) is 0.421. The van der Waals surface area contributed by atoms with Gasteiger partial charge in [-0.15, -0.1) is 0 Å². The fourth-order valence-corrected chi connectivity index (χ4v) is 2.50. The van der Waals surface area contributed by atoms with E-state index in [1.165, 1.54) is 23.9 Å². The highest BCUT2D eigenvalue weighted by atomic mass is 16.5. The van der Waals surface area contributed by atoms with Gasteiger partial charge in [-0.1, -0.05) is 6.07 Å². The van der Waals surface area contributed by atoms with Crippen LogP contribution in [-0.4, -0.2) is 14.8 Å². The minimum absolute atomic E-state index is 0.141. The third-order valence-corrected chi connectivity index (χ3v) is 3.65. The molecule has 3 rings (SSSR count). The number of hydrogen-bond donors (Lipinski definition) is 1. The molecule has 19 heavy (non-hydrogen) atoms. The third-order valence-electron chi connectivity index (χ3n) is 3.65. The summed E-state index contributed by atoms with van der Waals surface area (Å²) in [5.41, 5.74) is 8.72. The van der Waals surface area contributed by atoms with Crippen molar-refractivity contribution in [3.63, 3.8) is 0 Å². The van der Waals surface area contributed by atoms with Crippen LogP contribution in [0.3, 0.4) is 0 Å². The predicted molar refractivity (Wildman–Crippen MR) is 71.6 cm³/mol. The summed E-state index contributed by atoms with van der Waals surface area (Å²) in [7, 11) is 1.86. The van der Waals surface area contributed by atoms with E-state index in [4.69, 9.17) is 10.5 Å². The first-order valence-electron chi connectivity index (χ1n) is 6.58. The van der Waals surface area contributed by atoms with Gasteiger partial charge in [0.1, 0.15) is 18.7 Å². The van der Waals surface area contributed by atoms with Gasteiger partial charge in [-0.3, -0.25) is 4.68 Å². The summed E-state index contributed by atoms with van der Waals surface area (Å²) < 4.78 is 7.48. The maximum Gasteiger partial charge on any atom is 0.164 e. The molecule has 0 saturated heterocycles. The molecule has 2 aromatic rings. The molecule has 0 unspecified atom stereocenters. The minimum atomic E-state index is 0.141. The normalized spacial score (nSPS) is 18.1. The van der Waals surface area contributed by atoms with E-state index in [0.717, 1.165) is 24.4 Å². The lowest BCUT2D eigenvalue weighted by Gasteiger charge is -2.22. The first-order valence-corrected chi connectivity index (χ1v) is 6.58. The van der Waals surface area contributed by atoms with Gasteiger partial charge in [-0.2, -0.15) is 5.10 Å². The van der Waals surface area contributed by atoms with Crippen molar-refractivity contribution in [3.05, 3.63) is 41.5 Å². The molecule has 0 aliphatic heterocycles. The van der Waals surface area contributed by atoms with Crippen LogP contribution in [0.15, 0.2) is 24.5 Å². The van der Waals surface area contributed by atoms with Gasteiger partial charge >= 0.3 is 0 Å². The highest BCUT2D eigenvalue weighted by Gasteiger charge is 2.17. The lowest BCUT2D eigenvalue weighted by Crippen LogP contribution is -2.17. The molecule has 1 aromatic carbocycles. The van der Waals surface area contributed by atoms with Gasteiger partial charge in [0.15, 0.2) is 5.82 Å². The topological polar surface area (TPSA) is 66.0 Å². The van der Waals surface area contributed by atoms with Crippen LogP contribution in [0.25, 0.3) is 0 Å². The van der Waals surface area contributed by atoms with Gasteiger partial charge in [-0.25, -0.2) is 4.98 Å². The van der Waals surface area contributed by atoms with Crippen LogP contribution in [-0.2, 0) is 20.1 Å². The van der Waals surface area contributed by atoms with Gasteiger partial charge in [0.25, 0.3) is 0 Å². The number of hydrogen-bond acceptors (Lipinski definition) is 4. The first-order chi connectivity index (χ1) is 9.24. The molecule has 0 spiro atoms. The number of aryl methyl sites for hydroxylation is 2. The molecule has 0 amide bonds. The van der Waals surface area contributed by atoms with Crippen LogP contribution >= 0.6 is 0 Å². The number of rotatable bonds is 3. The molecule has 1 aliphatic carbocycles. The molecule has 100 valence electrons. The maximum atomic E-state index is 6.15. The first kappa shape index (κ1) is 12.2. The van der Waals surface area contributed by atoms with Crippen molar-refractivity contribution in [1.82, 2.24) is 14.8 Å². The zero-order valence-electron chi connectivity index (χ0n) is 11.0. The third kappa shape index (κ3) is 2.46. The Hall–Kier alpha value is -1.88. The largest absolute Gasteiger partial charge is 0.486 e. The Morgan fingerprint density at radius 2 is 2.37 bits per heavy atom. The van der Waals surface area contributed by atoms with Crippen LogP contribution in [0.5, 0.6) is 5.75 Å². The van der Waals surface area contributed by atoms with E-state index in [1.807, 2.05) is 13.1 Å². The molecule has 1 atom stereocenters. The van der Waals surface area contributed by atoms with Gasteiger partial charge < -0.3 is 10.5 Å². The smallest absolute Gasteiger partial charge is 0.164 e. The van der Waals surface area contributed by atoms with Gasteiger partial charge in [-0.05, 0) is 42.5 Å². The van der Waals surface area contributed by atoms with Crippen molar-refractivity contribution in [2.24, 2.45) is 12.8 Å². The highest BCUT2D eigenvalue weighted by molar-refractivity contribution is 5.39. The number of benzene rings is 1. The molecule has 5 nitrogen and oxygen atoms in total. The van der Waals surface area contributed by atoms with Crippen molar-refractivity contribution in [2.45, 2.75) is 31.9 Å². The van der Waals surface area contributed by atoms with Crippen LogP contribution in [0, 0.1) is 0 Å². The summed E-state index contributed by atoms with van der Waals surface area (Å²) >= 11 is 0. The molecule has 1 aliphatic rings. The summed E-state index contributed by atoms with van der Waals surface area (Å²) in [6.07, 6.45) is 4.88. The van der Waals surface area contributed by atoms with E-state index >= 15 is 0 Å². The Morgan fingerprint density at radius 3 is 3.16 bits per heavy atom. The van der Waals surface area contributed by atoms with E-state index < -0.39 is 0 Å². The molecule has 0 saturated carbocycles. The monoisotopic (exact) mass is 258 g/mol.